The van der Waals surface area contributed by atoms with Crippen molar-refractivity contribution in [2.75, 3.05) is 26.7 Å². The number of hydrogen-bond donors (Lipinski definition) is 0. The summed E-state index contributed by atoms with van der Waals surface area (Å²) in [4.78, 5) is 0.660. The van der Waals surface area contributed by atoms with Crippen molar-refractivity contribution in [1.29, 1.82) is 0 Å². The molecule has 0 fully saturated rings. The van der Waals surface area contributed by atoms with Crippen LogP contribution in [0.15, 0.2) is 70.5 Å². The fourth-order valence-electron chi connectivity index (χ4n) is 1.34. The van der Waals surface area contributed by atoms with Gasteiger partial charge in [-0.25, -0.2) is 8.42 Å². The average Bonchev–Trinajstić information content (AvgIpc) is 2.63. The Morgan fingerprint density at radius 2 is 0.778 bits per heavy atom. The normalized spacial score (nSPS) is 11.4. The molecule has 0 saturated heterocycles. The van der Waals surface area contributed by atoms with E-state index in [1.54, 1.807) is 60.7 Å². The van der Waals surface area contributed by atoms with Crippen molar-refractivity contribution in [2.24, 2.45) is 0 Å². The van der Waals surface area contributed by atoms with E-state index in [-0.39, 0.29) is 0 Å². The van der Waals surface area contributed by atoms with Crippen LogP contribution in [0.5, 0.6) is 0 Å². The number of hydrogen-bond acceptors (Lipinski definition) is 8. The van der Waals surface area contributed by atoms with E-state index >= 15 is 0 Å². The second kappa shape index (κ2) is 11.1. The topological polar surface area (TPSA) is 121 Å². The summed E-state index contributed by atoms with van der Waals surface area (Å²) >= 11 is 0. The fraction of sp³-hybridized carbons (Fsp3) is 0.250. The molecule has 27 heavy (non-hydrogen) atoms. The van der Waals surface area contributed by atoms with Gasteiger partial charge in [-0.1, -0.05) is 36.4 Å². The molecule has 0 aliphatic heterocycles. The second-order valence-corrected chi connectivity index (χ2v) is 10.3. The van der Waals surface area contributed by atoms with Gasteiger partial charge in [-0.05, 0) is 24.3 Å². The molecule has 0 N–H and O–H groups in total. The monoisotopic (exact) mass is 438 g/mol. The van der Waals surface area contributed by atoms with Crippen molar-refractivity contribution < 1.29 is 33.6 Å². The zero-order valence-electron chi connectivity index (χ0n) is 15.3. The summed E-state index contributed by atoms with van der Waals surface area (Å²) in [7, 11) is -7.42. The highest BCUT2D eigenvalue weighted by Crippen LogP contribution is 2.19. The summed E-state index contributed by atoms with van der Waals surface area (Å²) in [6.45, 7) is 0. The maximum Gasteiger partial charge on any atom is 0.264 e. The first-order valence-electron chi connectivity index (χ1n) is 7.20. The van der Waals surface area contributed by atoms with E-state index in [4.69, 9.17) is 0 Å². The minimum absolute atomic E-state index is 0.330. The molecular formula is C16H22O8S3. The van der Waals surface area contributed by atoms with E-state index in [0.29, 0.717) is 9.79 Å². The highest BCUT2D eigenvalue weighted by molar-refractivity contribution is 7.91. The van der Waals surface area contributed by atoms with Crippen LogP contribution in [0.3, 0.4) is 0 Å². The van der Waals surface area contributed by atoms with Crippen molar-refractivity contribution in [2.45, 2.75) is 9.79 Å². The van der Waals surface area contributed by atoms with E-state index in [1.165, 1.54) is 0 Å². The van der Waals surface area contributed by atoms with Crippen LogP contribution in [0.2, 0.25) is 0 Å². The molecule has 0 unspecified atom stereocenters. The van der Waals surface area contributed by atoms with E-state index in [0.717, 1.165) is 26.7 Å². The van der Waals surface area contributed by atoms with Gasteiger partial charge in [0.25, 0.3) is 20.2 Å². The maximum atomic E-state index is 12.0. The minimum atomic E-state index is -3.34. The molecule has 0 bridgehead atoms. The number of benzene rings is 2. The predicted molar refractivity (Wildman–Crippen MR) is 102 cm³/mol. The standard InChI is InChI=1S/C12H10O2S.2C2H6O3S/c13-15(14,11-7-3-1-4-8-11)12-9-5-2-6-10-12;2*1-5-6(2,3)4/h1-10H;2*1-2H3. The molecule has 8 nitrogen and oxygen atoms in total. The smallest absolute Gasteiger partial charge is 0.264 e. The predicted octanol–water partition coefficient (Wildman–Crippen LogP) is 1.70. The molecule has 2 aromatic carbocycles. The van der Waals surface area contributed by atoms with Gasteiger partial charge >= 0.3 is 0 Å². The van der Waals surface area contributed by atoms with Crippen molar-refractivity contribution >= 4 is 30.1 Å². The largest absolute Gasteiger partial charge is 0.274 e. The first kappa shape index (κ1) is 25.2. The molecule has 152 valence electrons. The third kappa shape index (κ3) is 11.5. The Kier molecular flexibility index (Phi) is 10.4. The average molecular weight is 439 g/mol. The minimum Gasteiger partial charge on any atom is -0.274 e. The molecule has 0 aromatic heterocycles. The van der Waals surface area contributed by atoms with Crippen LogP contribution < -0.4 is 0 Å². The van der Waals surface area contributed by atoms with Gasteiger partial charge in [-0.2, -0.15) is 16.8 Å². The van der Waals surface area contributed by atoms with Crippen LogP contribution in [0.1, 0.15) is 0 Å². The zero-order valence-corrected chi connectivity index (χ0v) is 17.7. The molecule has 0 amide bonds. The molecule has 0 saturated carbocycles. The summed E-state index contributed by atoms with van der Waals surface area (Å²) in [5.74, 6) is 0. The second-order valence-electron chi connectivity index (χ2n) is 4.87. The van der Waals surface area contributed by atoms with Gasteiger partial charge < -0.3 is 0 Å². The Morgan fingerprint density at radius 3 is 0.963 bits per heavy atom. The van der Waals surface area contributed by atoms with Gasteiger partial charge in [0.15, 0.2) is 0 Å². The summed E-state index contributed by atoms with van der Waals surface area (Å²) in [6, 6.07) is 16.9. The van der Waals surface area contributed by atoms with Crippen molar-refractivity contribution in [1.82, 2.24) is 0 Å². The molecule has 0 spiro atoms. The highest BCUT2D eigenvalue weighted by atomic mass is 32.2. The van der Waals surface area contributed by atoms with E-state index < -0.39 is 30.1 Å². The summed E-state index contributed by atoms with van der Waals surface area (Å²) < 4.78 is 71.0. The first-order valence-corrected chi connectivity index (χ1v) is 12.3. The molecule has 0 aliphatic carbocycles. The van der Waals surface area contributed by atoms with Gasteiger partial charge in [-0.15, -0.1) is 0 Å². The number of sulfone groups is 1. The third-order valence-electron chi connectivity index (χ3n) is 2.71. The van der Waals surface area contributed by atoms with Crippen molar-refractivity contribution in [3.8, 4) is 0 Å². The fourth-order valence-corrected chi connectivity index (χ4v) is 2.64. The van der Waals surface area contributed by atoms with E-state index in [2.05, 4.69) is 8.37 Å². The lowest BCUT2D eigenvalue weighted by atomic mass is 10.4. The van der Waals surface area contributed by atoms with E-state index in [1.807, 2.05) is 0 Å². The molecule has 2 aromatic rings. The van der Waals surface area contributed by atoms with Crippen molar-refractivity contribution in [3.63, 3.8) is 0 Å². The molecule has 0 aliphatic rings. The third-order valence-corrected chi connectivity index (χ3v) is 5.71. The van der Waals surface area contributed by atoms with Crippen LogP contribution in [0.25, 0.3) is 0 Å². The molecular weight excluding hydrogens is 416 g/mol. The van der Waals surface area contributed by atoms with Crippen molar-refractivity contribution in [3.05, 3.63) is 60.7 Å². The molecule has 11 heteroatoms. The lowest BCUT2D eigenvalue weighted by Crippen LogP contribution is -2.00. The van der Waals surface area contributed by atoms with Crippen LogP contribution >= 0.6 is 0 Å². The Bertz CT molecular complexity index is 905. The Balaban J connectivity index is 0.000000470. The maximum absolute atomic E-state index is 12.0. The highest BCUT2D eigenvalue weighted by Gasteiger charge is 2.15. The van der Waals surface area contributed by atoms with Crippen LogP contribution in [-0.4, -0.2) is 52.0 Å². The molecule has 0 atom stereocenters. The van der Waals surface area contributed by atoms with Gasteiger partial charge in [0.2, 0.25) is 9.84 Å². The van der Waals surface area contributed by atoms with Gasteiger partial charge in [-0.3, -0.25) is 8.37 Å². The number of rotatable bonds is 4. The Hall–Kier alpha value is -1.79. The van der Waals surface area contributed by atoms with Gasteiger partial charge in [0, 0.05) is 0 Å². The van der Waals surface area contributed by atoms with Crippen LogP contribution in [-0.2, 0) is 38.4 Å². The van der Waals surface area contributed by atoms with Gasteiger partial charge in [0.1, 0.15) is 0 Å². The lowest BCUT2D eigenvalue weighted by molar-refractivity contribution is 0.402. The van der Waals surface area contributed by atoms with Crippen LogP contribution in [0.4, 0.5) is 0 Å². The van der Waals surface area contributed by atoms with Crippen LogP contribution in [0, 0.1) is 0 Å². The SMILES string of the molecule is COS(C)(=O)=O.COS(C)(=O)=O.O=S(=O)(c1ccccc1)c1ccccc1. The lowest BCUT2D eigenvalue weighted by Gasteiger charge is -2.03. The Labute approximate surface area is 160 Å². The summed E-state index contributed by atoms with van der Waals surface area (Å²) in [6.07, 6.45) is 1.99. The zero-order chi connectivity index (χ0) is 21.1. The molecule has 0 heterocycles. The van der Waals surface area contributed by atoms with Gasteiger partial charge in [0.05, 0.1) is 36.5 Å². The van der Waals surface area contributed by atoms with E-state index in [9.17, 15) is 25.3 Å². The first-order chi connectivity index (χ1) is 12.3. The molecule has 0 radical (unpaired) electrons. The summed E-state index contributed by atoms with van der Waals surface area (Å²) in [5.41, 5.74) is 0. The molecule has 2 rings (SSSR count). The quantitative estimate of drug-likeness (QED) is 0.661. The Morgan fingerprint density at radius 1 is 0.556 bits per heavy atom. The summed E-state index contributed by atoms with van der Waals surface area (Å²) in [5, 5.41) is 0.